The van der Waals surface area contributed by atoms with Crippen LogP contribution in [0.5, 0.6) is 11.5 Å². The van der Waals surface area contributed by atoms with E-state index in [-0.39, 0.29) is 39.2 Å². The molecule has 3 N–H and O–H groups in total. The van der Waals surface area contributed by atoms with E-state index in [4.69, 9.17) is 38.3 Å². The predicted octanol–water partition coefficient (Wildman–Crippen LogP) is 7.53. The van der Waals surface area contributed by atoms with Crippen molar-refractivity contribution in [3.8, 4) is 17.6 Å². The molecule has 1 heterocycles. The van der Waals surface area contributed by atoms with E-state index in [9.17, 15) is 9.59 Å². The predicted molar refractivity (Wildman–Crippen MR) is 147 cm³/mol. The minimum Gasteiger partial charge on any atom is -0.465 e. The van der Waals surface area contributed by atoms with Gasteiger partial charge >= 0.3 is 6.09 Å². The number of anilines is 1. The van der Waals surface area contributed by atoms with Crippen molar-refractivity contribution in [3.05, 3.63) is 87.3 Å². The fourth-order valence-electron chi connectivity index (χ4n) is 4.18. The number of carbonyl (C=O) groups is 2. The molecule has 11 heteroatoms. The van der Waals surface area contributed by atoms with Crippen LogP contribution in [-0.2, 0) is 12.1 Å². The van der Waals surface area contributed by atoms with Gasteiger partial charge in [0.2, 0.25) is 0 Å². The molecule has 0 atom stereocenters. The molecule has 0 radical (unpaired) electrons. The number of hydrogen-bond donors (Lipinski definition) is 3. The van der Waals surface area contributed by atoms with Crippen LogP contribution in [0.3, 0.4) is 0 Å². The number of nitrogens with one attached hydrogen (secondary N) is 2. The van der Waals surface area contributed by atoms with Crippen molar-refractivity contribution in [1.82, 2.24) is 9.88 Å². The number of halogens is 3. The summed E-state index contributed by atoms with van der Waals surface area (Å²) in [6, 6.07) is 15.7. The molecule has 0 aliphatic heterocycles. The number of fused-ring (bicyclic) bond motifs is 1. The fraction of sp³-hybridized carbons (Fsp3) is 0.179. The van der Waals surface area contributed by atoms with Gasteiger partial charge in [0.1, 0.15) is 11.4 Å². The number of rotatable bonds is 6. The molecule has 200 valence electrons. The molecular formula is C28H23Cl2FN4O4. The smallest absolute Gasteiger partial charge is 0.409 e. The number of nitriles is 1. The molecule has 0 saturated carbocycles. The quantitative estimate of drug-likeness (QED) is 0.222. The average molecular weight is 569 g/mol. The number of carbonyl (C=O) groups excluding carboxylic acids is 1. The average Bonchev–Trinajstić information content (AvgIpc) is 3.25. The Kier molecular flexibility index (Phi) is 7.72. The SMILES string of the molecule is CC(C)(C)n1c(C(=O)NCc2ccc(Cl)c(Oc3cc(Cl)cc(C#N)c3)c2F)cc2cc(NC(=O)O)ccc21. The van der Waals surface area contributed by atoms with Crippen molar-refractivity contribution in [2.45, 2.75) is 32.9 Å². The Labute approximate surface area is 233 Å². The van der Waals surface area contributed by atoms with Crippen molar-refractivity contribution in [1.29, 1.82) is 5.26 Å². The number of aromatic nitrogens is 1. The van der Waals surface area contributed by atoms with Gasteiger partial charge in [-0.2, -0.15) is 5.26 Å². The maximum absolute atomic E-state index is 15.4. The van der Waals surface area contributed by atoms with Crippen LogP contribution in [0.2, 0.25) is 10.0 Å². The highest BCUT2D eigenvalue weighted by atomic mass is 35.5. The van der Waals surface area contributed by atoms with Gasteiger partial charge < -0.3 is 19.7 Å². The third-order valence-electron chi connectivity index (χ3n) is 5.75. The maximum atomic E-state index is 15.4. The molecule has 0 bridgehead atoms. The van der Waals surface area contributed by atoms with E-state index in [0.29, 0.717) is 16.8 Å². The van der Waals surface area contributed by atoms with Crippen molar-refractivity contribution < 1.29 is 23.8 Å². The zero-order valence-electron chi connectivity index (χ0n) is 21.1. The lowest BCUT2D eigenvalue weighted by molar-refractivity contribution is 0.0936. The Morgan fingerprint density at radius 2 is 1.85 bits per heavy atom. The second-order valence-corrected chi connectivity index (χ2v) is 10.5. The van der Waals surface area contributed by atoms with Crippen molar-refractivity contribution >= 4 is 51.8 Å². The van der Waals surface area contributed by atoms with Crippen molar-refractivity contribution in [2.75, 3.05) is 5.32 Å². The highest BCUT2D eigenvalue weighted by Crippen LogP contribution is 2.35. The van der Waals surface area contributed by atoms with E-state index in [2.05, 4.69) is 10.6 Å². The first kappa shape index (κ1) is 27.8. The van der Waals surface area contributed by atoms with Crippen LogP contribution in [0.4, 0.5) is 14.9 Å². The molecule has 2 amide bonds. The molecule has 1 aromatic heterocycles. The molecule has 0 spiro atoms. The normalized spacial score (nSPS) is 11.2. The number of nitrogens with zero attached hydrogens (tertiary/aromatic N) is 2. The molecular weight excluding hydrogens is 546 g/mol. The summed E-state index contributed by atoms with van der Waals surface area (Å²) in [5, 5.41) is 24.1. The highest BCUT2D eigenvalue weighted by Gasteiger charge is 2.25. The lowest BCUT2D eigenvalue weighted by atomic mass is 10.1. The van der Waals surface area contributed by atoms with Gasteiger partial charge in [0, 0.05) is 39.3 Å². The number of hydrogen-bond acceptors (Lipinski definition) is 4. The summed E-state index contributed by atoms with van der Waals surface area (Å²) >= 11 is 12.2. The summed E-state index contributed by atoms with van der Waals surface area (Å²) in [6.07, 6.45) is -1.20. The van der Waals surface area contributed by atoms with Crippen LogP contribution in [0, 0.1) is 17.1 Å². The standard InChI is InChI=1S/C28H23Cl2FN4O4/c1-28(2,3)35-22-7-5-19(34-27(37)38)10-17(22)11-23(35)26(36)33-14-16-4-6-21(30)25(24(16)31)39-20-9-15(13-32)8-18(29)12-20/h4-12,34H,14H2,1-3H3,(H,33,36)(H,37,38). The Balaban J connectivity index is 1.62. The summed E-state index contributed by atoms with van der Waals surface area (Å²) in [7, 11) is 0. The lowest BCUT2D eigenvalue weighted by Gasteiger charge is -2.25. The first-order valence-corrected chi connectivity index (χ1v) is 12.4. The molecule has 39 heavy (non-hydrogen) atoms. The molecule has 0 unspecified atom stereocenters. The molecule has 8 nitrogen and oxygen atoms in total. The van der Waals surface area contributed by atoms with Crippen LogP contribution in [0.15, 0.2) is 54.6 Å². The van der Waals surface area contributed by atoms with E-state index in [1.807, 2.05) is 31.4 Å². The van der Waals surface area contributed by atoms with E-state index >= 15 is 4.39 Å². The van der Waals surface area contributed by atoms with Gasteiger partial charge in [0.25, 0.3) is 5.91 Å². The van der Waals surface area contributed by atoms with Gasteiger partial charge in [-0.1, -0.05) is 29.3 Å². The van der Waals surface area contributed by atoms with E-state index < -0.39 is 23.4 Å². The number of carboxylic acid groups (broad SMARTS) is 1. The summed E-state index contributed by atoms with van der Waals surface area (Å²) < 4.78 is 22.9. The summed E-state index contributed by atoms with van der Waals surface area (Å²) in [5.41, 5.74) is 1.27. The Morgan fingerprint density at radius 1 is 1.10 bits per heavy atom. The lowest BCUT2D eigenvalue weighted by Crippen LogP contribution is -2.31. The van der Waals surface area contributed by atoms with E-state index in [1.54, 1.807) is 24.3 Å². The van der Waals surface area contributed by atoms with Crippen molar-refractivity contribution in [3.63, 3.8) is 0 Å². The first-order valence-electron chi connectivity index (χ1n) is 11.7. The van der Waals surface area contributed by atoms with Crippen LogP contribution in [0.1, 0.15) is 42.4 Å². The molecule has 3 aromatic carbocycles. The Bertz CT molecular complexity index is 1650. The van der Waals surface area contributed by atoms with Crippen LogP contribution in [0.25, 0.3) is 10.9 Å². The summed E-state index contributed by atoms with van der Waals surface area (Å²) in [4.78, 5) is 24.3. The van der Waals surface area contributed by atoms with E-state index in [1.165, 1.54) is 30.3 Å². The van der Waals surface area contributed by atoms with Gasteiger partial charge in [-0.05, 0) is 69.3 Å². The summed E-state index contributed by atoms with van der Waals surface area (Å²) in [5.74, 6) is -1.37. The minimum absolute atomic E-state index is 0.000284. The van der Waals surface area contributed by atoms with Gasteiger partial charge in [0.15, 0.2) is 11.6 Å². The largest absolute Gasteiger partial charge is 0.465 e. The maximum Gasteiger partial charge on any atom is 0.409 e. The summed E-state index contributed by atoms with van der Waals surface area (Å²) in [6.45, 7) is 5.63. The molecule has 0 saturated heterocycles. The minimum atomic E-state index is -1.20. The molecule has 4 aromatic rings. The van der Waals surface area contributed by atoms with Gasteiger partial charge in [-0.15, -0.1) is 0 Å². The topological polar surface area (TPSA) is 116 Å². The number of benzene rings is 3. The number of ether oxygens (including phenoxy) is 1. The van der Waals surface area contributed by atoms with Crippen LogP contribution < -0.4 is 15.4 Å². The van der Waals surface area contributed by atoms with Gasteiger partial charge in [0.05, 0.1) is 16.7 Å². The first-order chi connectivity index (χ1) is 18.4. The second-order valence-electron chi connectivity index (χ2n) is 9.66. The fourth-order valence-corrected chi connectivity index (χ4v) is 4.59. The molecule has 0 aliphatic carbocycles. The monoisotopic (exact) mass is 568 g/mol. The number of amides is 2. The van der Waals surface area contributed by atoms with Crippen LogP contribution >= 0.6 is 23.2 Å². The zero-order chi connectivity index (χ0) is 28.5. The Morgan fingerprint density at radius 3 is 2.51 bits per heavy atom. The van der Waals surface area contributed by atoms with Crippen molar-refractivity contribution in [2.24, 2.45) is 0 Å². The van der Waals surface area contributed by atoms with Crippen LogP contribution in [-0.4, -0.2) is 21.7 Å². The molecule has 0 fully saturated rings. The Hall–Kier alpha value is -4.26. The molecule has 4 rings (SSSR count). The second kappa shape index (κ2) is 10.8. The van der Waals surface area contributed by atoms with Gasteiger partial charge in [-0.3, -0.25) is 10.1 Å². The third kappa shape index (κ3) is 6.08. The zero-order valence-corrected chi connectivity index (χ0v) is 22.6. The van der Waals surface area contributed by atoms with Gasteiger partial charge in [-0.25, -0.2) is 9.18 Å². The van der Waals surface area contributed by atoms with E-state index in [0.717, 1.165) is 5.52 Å². The highest BCUT2D eigenvalue weighted by molar-refractivity contribution is 6.32. The third-order valence-corrected chi connectivity index (χ3v) is 6.26. The molecule has 0 aliphatic rings.